The zero-order valence-electron chi connectivity index (χ0n) is 51.7. The normalized spacial score (nSPS) is 25.7. The minimum Gasteiger partial charge on any atom is -0.462 e. The summed E-state index contributed by atoms with van der Waals surface area (Å²) < 4.78 is 100. The largest absolute Gasteiger partial charge is 0.462 e. The lowest BCUT2D eigenvalue weighted by molar-refractivity contribution is -0.360. The maximum Gasteiger partial charge on any atom is 0.303 e. The van der Waals surface area contributed by atoms with Crippen molar-refractivity contribution in [2.75, 3.05) is 19.8 Å². The number of esters is 3. The predicted molar refractivity (Wildman–Crippen MR) is 333 cm³/mol. The number of benzene rings is 7. The Labute approximate surface area is 536 Å². The highest BCUT2D eigenvalue weighted by Crippen LogP contribution is 2.38. The fourth-order valence-electron chi connectivity index (χ4n) is 11.3. The molecule has 19 nitrogen and oxygen atoms in total. The van der Waals surface area contributed by atoms with Crippen LogP contribution in [0.3, 0.4) is 0 Å². The average Bonchev–Trinajstić information content (AvgIpc) is 1.19. The highest BCUT2D eigenvalue weighted by Gasteiger charge is 2.57. The lowest BCUT2D eigenvalue weighted by Gasteiger charge is -2.48. The Hall–Kier alpha value is -7.57. The van der Waals surface area contributed by atoms with Crippen LogP contribution >= 0.6 is 0 Å². The number of ether oxygens (including phenoxy) is 15. The zero-order valence-corrected chi connectivity index (χ0v) is 51.7. The van der Waals surface area contributed by atoms with Gasteiger partial charge in [0.1, 0.15) is 67.6 Å². The first-order valence-electron chi connectivity index (χ1n) is 31.0. The molecule has 1 unspecified atom stereocenters. The number of carbonyl (C=O) groups excluding carboxylic acids is 3. The van der Waals surface area contributed by atoms with E-state index in [-0.39, 0.29) is 59.5 Å². The number of hydrogen-bond donors (Lipinski definition) is 1. The maximum absolute atomic E-state index is 13.0. The Kier molecular flexibility index (Phi) is 25.5. The van der Waals surface area contributed by atoms with E-state index in [0.29, 0.717) is 0 Å². The number of hydrogen-bond acceptors (Lipinski definition) is 19. The van der Waals surface area contributed by atoms with E-state index in [1.54, 1.807) is 0 Å². The minimum atomic E-state index is -1.83. The summed E-state index contributed by atoms with van der Waals surface area (Å²) in [6.07, 6.45) is -18.4. The van der Waals surface area contributed by atoms with Crippen LogP contribution in [0.15, 0.2) is 212 Å². The molecule has 3 fully saturated rings. The number of aliphatic hydroxyl groups is 1. The SMILES string of the molecule is CC(=O)OC[C@@H](OC(C)=O)[C@@H]1OC(O)[C@H](OC(C)=O)[C@H]1O[C@H]1O[C@H](CO[C@H]2O[C@H](COCc3ccccc3)[C@H](OCc3ccccc3)[C@H](OCc3ccccc3)[C@H]2OCc2ccccc2)[C@H](OCc2ccccc2)[C@H](OCc2ccccc2)[C@H]1OCc1ccccc1. The molecule has 0 aromatic heterocycles. The average molecular weight is 1260 g/mol. The van der Waals surface area contributed by atoms with Gasteiger partial charge in [0.05, 0.1) is 59.5 Å². The summed E-state index contributed by atoms with van der Waals surface area (Å²) in [4.78, 5) is 38.1. The second kappa shape index (κ2) is 34.9. The standard InChI is InChI=1S/C73H80O19/c1-49(74)79-47-61(87-50(2)75)64-67(68(71(77)91-64)88-51(3)76)92-73-70(85-45-58-37-23-10-24-38-58)66(83-43-56-33-19-8-20-34-56)63(81-41-54-29-15-6-16-30-54)60(90-73)48-86-72-69(84-44-57-35-21-9-22-36-57)65(82-42-55-31-17-7-18-32-55)62(80-40-53-27-13-5-14-28-53)59(89-72)46-78-39-52-25-11-4-12-26-52/h4-38,59-73,77H,39-48H2,1-3H3/t59-,60-,61-,62+,63+,64+,65+,66+,67+,68-,69-,70-,71?,72+,73-/m1/s1. The van der Waals surface area contributed by atoms with E-state index in [1.807, 2.05) is 212 Å². The van der Waals surface area contributed by atoms with Gasteiger partial charge in [-0.25, -0.2) is 0 Å². The van der Waals surface area contributed by atoms with E-state index in [1.165, 1.54) is 13.8 Å². The second-order valence-corrected chi connectivity index (χ2v) is 22.6. The van der Waals surface area contributed by atoms with E-state index < -0.39 is 117 Å². The minimum absolute atomic E-state index is 0.0115. The van der Waals surface area contributed by atoms with Crippen LogP contribution in [-0.2, 0) is 132 Å². The van der Waals surface area contributed by atoms with Gasteiger partial charge in [0.25, 0.3) is 0 Å². The van der Waals surface area contributed by atoms with Crippen molar-refractivity contribution in [3.8, 4) is 0 Å². The first kappa shape index (κ1) is 67.3. The van der Waals surface area contributed by atoms with Gasteiger partial charge in [-0.2, -0.15) is 0 Å². The van der Waals surface area contributed by atoms with Crippen LogP contribution in [0.4, 0.5) is 0 Å². The van der Waals surface area contributed by atoms with E-state index in [0.717, 1.165) is 45.9 Å². The molecule has 0 bridgehead atoms. The fourth-order valence-corrected chi connectivity index (χ4v) is 11.3. The molecule has 10 rings (SSSR count). The van der Waals surface area contributed by atoms with Crippen molar-refractivity contribution in [3.63, 3.8) is 0 Å². The van der Waals surface area contributed by atoms with Gasteiger partial charge in [0.2, 0.25) is 0 Å². The number of aliphatic hydroxyl groups excluding tert-OH is 1. The van der Waals surface area contributed by atoms with Crippen molar-refractivity contribution in [3.05, 3.63) is 251 Å². The zero-order chi connectivity index (χ0) is 63.9. The van der Waals surface area contributed by atoms with Gasteiger partial charge in [-0.1, -0.05) is 212 Å². The molecule has 3 heterocycles. The molecule has 0 aliphatic carbocycles. The van der Waals surface area contributed by atoms with Crippen LogP contribution < -0.4 is 0 Å². The van der Waals surface area contributed by atoms with Crippen LogP contribution in [-0.4, -0.2) is 135 Å². The summed E-state index contributed by atoms with van der Waals surface area (Å²) in [6.45, 7) is 3.66. The van der Waals surface area contributed by atoms with Gasteiger partial charge < -0.3 is 76.2 Å². The van der Waals surface area contributed by atoms with Crippen molar-refractivity contribution in [1.82, 2.24) is 0 Å². The Morgan fingerprint density at radius 2 is 0.717 bits per heavy atom. The lowest BCUT2D eigenvalue weighted by Crippen LogP contribution is -2.64. The summed E-state index contributed by atoms with van der Waals surface area (Å²) in [5.74, 6) is -2.24. The van der Waals surface area contributed by atoms with E-state index in [9.17, 15) is 19.5 Å². The third kappa shape index (κ3) is 19.7. The van der Waals surface area contributed by atoms with Crippen LogP contribution in [0.25, 0.3) is 0 Å². The predicted octanol–water partition coefficient (Wildman–Crippen LogP) is 9.71. The van der Waals surface area contributed by atoms with Crippen molar-refractivity contribution >= 4 is 17.9 Å². The molecular formula is C73H80O19. The van der Waals surface area contributed by atoms with Gasteiger partial charge in [-0.05, 0) is 38.9 Å². The summed E-state index contributed by atoms with van der Waals surface area (Å²) in [5, 5.41) is 11.6. The summed E-state index contributed by atoms with van der Waals surface area (Å²) in [5.41, 5.74) is 6.12. The molecular weight excluding hydrogens is 1180 g/mol. The molecule has 1 N–H and O–H groups in total. The second-order valence-electron chi connectivity index (χ2n) is 22.6. The van der Waals surface area contributed by atoms with Gasteiger partial charge >= 0.3 is 17.9 Å². The van der Waals surface area contributed by atoms with Crippen LogP contribution in [0, 0.1) is 0 Å². The highest BCUT2D eigenvalue weighted by atomic mass is 16.8. The monoisotopic (exact) mass is 1260 g/mol. The van der Waals surface area contributed by atoms with Crippen molar-refractivity contribution < 1.29 is 90.5 Å². The van der Waals surface area contributed by atoms with Crippen molar-refractivity contribution in [2.45, 2.75) is 159 Å². The number of rotatable bonds is 32. The van der Waals surface area contributed by atoms with Crippen LogP contribution in [0.1, 0.15) is 59.7 Å². The third-order valence-corrected chi connectivity index (χ3v) is 15.7. The molecule has 486 valence electrons. The molecule has 0 saturated carbocycles. The Balaban J connectivity index is 1.07. The lowest BCUT2D eigenvalue weighted by atomic mass is 9.96. The quantitative estimate of drug-likeness (QED) is 0.0307. The van der Waals surface area contributed by atoms with Crippen LogP contribution in [0.5, 0.6) is 0 Å². The first-order chi connectivity index (χ1) is 45.0. The molecule has 7 aromatic carbocycles. The van der Waals surface area contributed by atoms with Gasteiger partial charge in [0.15, 0.2) is 31.1 Å². The molecule has 0 amide bonds. The van der Waals surface area contributed by atoms with E-state index in [2.05, 4.69) is 0 Å². The highest BCUT2D eigenvalue weighted by molar-refractivity contribution is 5.67. The summed E-state index contributed by atoms with van der Waals surface area (Å²) in [6, 6.07) is 67.9. The Morgan fingerprint density at radius 3 is 1.10 bits per heavy atom. The first-order valence-corrected chi connectivity index (χ1v) is 31.0. The Bertz CT molecular complexity index is 3270. The molecule has 3 aliphatic heterocycles. The number of carbonyl (C=O) groups is 3. The van der Waals surface area contributed by atoms with Gasteiger partial charge in [0, 0.05) is 20.8 Å². The molecule has 0 spiro atoms. The summed E-state index contributed by atoms with van der Waals surface area (Å²) in [7, 11) is 0. The van der Waals surface area contributed by atoms with Crippen molar-refractivity contribution in [1.29, 1.82) is 0 Å². The van der Waals surface area contributed by atoms with E-state index >= 15 is 0 Å². The molecule has 7 aromatic rings. The maximum atomic E-state index is 13.0. The van der Waals surface area contributed by atoms with Crippen LogP contribution in [0.2, 0.25) is 0 Å². The summed E-state index contributed by atoms with van der Waals surface area (Å²) >= 11 is 0. The molecule has 3 aliphatic rings. The Morgan fingerprint density at radius 1 is 0.370 bits per heavy atom. The smallest absolute Gasteiger partial charge is 0.303 e. The van der Waals surface area contributed by atoms with Gasteiger partial charge in [-0.15, -0.1) is 0 Å². The van der Waals surface area contributed by atoms with E-state index in [4.69, 9.17) is 71.1 Å². The molecule has 3 saturated heterocycles. The fraction of sp³-hybridized carbons (Fsp3) is 0.384. The van der Waals surface area contributed by atoms with Gasteiger partial charge in [-0.3, -0.25) is 14.4 Å². The molecule has 0 radical (unpaired) electrons. The third-order valence-electron chi connectivity index (χ3n) is 15.7. The molecule has 92 heavy (non-hydrogen) atoms. The van der Waals surface area contributed by atoms with Crippen molar-refractivity contribution in [2.24, 2.45) is 0 Å². The molecule has 19 heteroatoms. The topological polar surface area (TPSA) is 210 Å². The molecule has 15 atom stereocenters.